The molecule has 8 heteroatoms. The Labute approximate surface area is 176 Å². The number of furan rings is 1. The van der Waals surface area contributed by atoms with Gasteiger partial charge < -0.3 is 9.73 Å². The molecule has 1 aliphatic heterocycles. The van der Waals surface area contributed by atoms with Gasteiger partial charge in [0.1, 0.15) is 17.4 Å². The highest BCUT2D eigenvalue weighted by atomic mass is 32.2. The second-order valence-corrected chi connectivity index (χ2v) is 7.74. The first-order chi connectivity index (χ1) is 14.4. The highest BCUT2D eigenvalue weighted by Gasteiger charge is 2.24. The number of aliphatic imine (C=N–C) groups is 1. The SMILES string of the molecule is Cc1ccc(N=C2NC(=O)SC2=Cc2ccc(-c3ccccc3[N+](=O)[O-])o2)cc1C. The summed E-state index contributed by atoms with van der Waals surface area (Å²) < 4.78 is 5.80. The Morgan fingerprint density at radius 1 is 1.10 bits per heavy atom. The predicted octanol–water partition coefficient (Wildman–Crippen LogP) is 6.00. The van der Waals surface area contributed by atoms with Crippen LogP contribution in [0.4, 0.5) is 16.2 Å². The smallest absolute Gasteiger partial charge is 0.289 e. The lowest BCUT2D eigenvalue weighted by molar-refractivity contribution is -0.384. The van der Waals surface area contributed by atoms with Crippen molar-refractivity contribution in [1.82, 2.24) is 5.32 Å². The maximum absolute atomic E-state index is 11.9. The zero-order valence-corrected chi connectivity index (χ0v) is 17.0. The van der Waals surface area contributed by atoms with Gasteiger partial charge in [-0.05, 0) is 73.1 Å². The average Bonchev–Trinajstić information content (AvgIpc) is 3.31. The molecule has 1 fully saturated rings. The number of amides is 1. The van der Waals surface area contributed by atoms with Gasteiger partial charge in [-0.25, -0.2) is 4.99 Å². The average molecular weight is 419 g/mol. The lowest BCUT2D eigenvalue weighted by atomic mass is 10.1. The zero-order chi connectivity index (χ0) is 21.3. The fourth-order valence-corrected chi connectivity index (χ4v) is 3.70. The number of nitro benzene ring substituents is 1. The fourth-order valence-electron chi connectivity index (χ4n) is 2.98. The summed E-state index contributed by atoms with van der Waals surface area (Å²) in [6.07, 6.45) is 1.70. The van der Waals surface area contributed by atoms with Gasteiger partial charge in [0.05, 0.1) is 21.1 Å². The van der Waals surface area contributed by atoms with Crippen molar-refractivity contribution in [3.63, 3.8) is 0 Å². The van der Waals surface area contributed by atoms with Gasteiger partial charge in [0.2, 0.25) is 0 Å². The summed E-state index contributed by atoms with van der Waals surface area (Å²) in [5.74, 6) is 1.29. The molecule has 0 saturated carbocycles. The number of nitrogens with one attached hydrogen (secondary N) is 1. The molecule has 150 valence electrons. The Kier molecular flexibility index (Phi) is 5.24. The Morgan fingerprint density at radius 2 is 1.90 bits per heavy atom. The van der Waals surface area contributed by atoms with E-state index >= 15 is 0 Å². The molecule has 4 rings (SSSR count). The summed E-state index contributed by atoms with van der Waals surface area (Å²) in [6.45, 7) is 4.03. The van der Waals surface area contributed by atoms with Crippen molar-refractivity contribution in [2.45, 2.75) is 13.8 Å². The van der Waals surface area contributed by atoms with Crippen LogP contribution in [-0.2, 0) is 0 Å². The maximum Gasteiger partial charge on any atom is 0.289 e. The summed E-state index contributed by atoms with van der Waals surface area (Å²) >= 11 is 1.02. The van der Waals surface area contributed by atoms with Gasteiger partial charge in [-0.3, -0.25) is 14.9 Å². The number of nitrogens with zero attached hydrogens (tertiary/aromatic N) is 2. The molecule has 0 aliphatic carbocycles. The van der Waals surface area contributed by atoms with Crippen molar-refractivity contribution in [2.75, 3.05) is 0 Å². The first kappa shape index (κ1) is 19.7. The summed E-state index contributed by atoms with van der Waals surface area (Å²) in [5.41, 5.74) is 3.37. The van der Waals surface area contributed by atoms with Gasteiger partial charge in [0, 0.05) is 6.07 Å². The van der Waals surface area contributed by atoms with Gasteiger partial charge in [-0.2, -0.15) is 0 Å². The number of carbonyl (C=O) groups is 1. The number of thioether (sulfide) groups is 1. The number of rotatable bonds is 4. The van der Waals surface area contributed by atoms with Crippen LogP contribution in [-0.4, -0.2) is 16.0 Å². The highest BCUT2D eigenvalue weighted by molar-refractivity contribution is 8.18. The molecule has 3 aromatic rings. The zero-order valence-electron chi connectivity index (χ0n) is 16.2. The highest BCUT2D eigenvalue weighted by Crippen LogP contribution is 2.33. The maximum atomic E-state index is 11.9. The lowest BCUT2D eigenvalue weighted by Crippen LogP contribution is -2.18. The van der Waals surface area contributed by atoms with Crippen LogP contribution >= 0.6 is 11.8 Å². The molecule has 0 unspecified atom stereocenters. The first-order valence-corrected chi connectivity index (χ1v) is 9.93. The van der Waals surface area contributed by atoms with E-state index in [-0.39, 0.29) is 10.9 Å². The molecule has 0 spiro atoms. The van der Waals surface area contributed by atoms with E-state index in [1.165, 1.54) is 6.07 Å². The van der Waals surface area contributed by atoms with Gasteiger partial charge in [-0.1, -0.05) is 18.2 Å². The van der Waals surface area contributed by atoms with Crippen LogP contribution in [0.3, 0.4) is 0 Å². The van der Waals surface area contributed by atoms with E-state index in [0.29, 0.717) is 27.8 Å². The molecule has 7 nitrogen and oxygen atoms in total. The van der Waals surface area contributed by atoms with Crippen LogP contribution in [0.5, 0.6) is 0 Å². The lowest BCUT2D eigenvalue weighted by Gasteiger charge is -2.03. The van der Waals surface area contributed by atoms with E-state index in [2.05, 4.69) is 10.3 Å². The summed E-state index contributed by atoms with van der Waals surface area (Å²) in [7, 11) is 0. The number of hydrogen-bond donors (Lipinski definition) is 1. The third-order valence-corrected chi connectivity index (χ3v) is 5.47. The molecular formula is C22H17N3O4S. The van der Waals surface area contributed by atoms with Crippen molar-refractivity contribution in [3.05, 3.63) is 86.5 Å². The predicted molar refractivity (Wildman–Crippen MR) is 118 cm³/mol. The van der Waals surface area contributed by atoms with Crippen molar-refractivity contribution in [3.8, 4) is 11.3 Å². The van der Waals surface area contributed by atoms with Crippen LogP contribution < -0.4 is 5.32 Å². The minimum Gasteiger partial charge on any atom is -0.456 e. The van der Waals surface area contributed by atoms with E-state index in [1.54, 1.807) is 36.4 Å². The topological polar surface area (TPSA) is 97.7 Å². The van der Waals surface area contributed by atoms with Crippen LogP contribution in [0.2, 0.25) is 0 Å². The molecule has 30 heavy (non-hydrogen) atoms. The minimum atomic E-state index is -0.445. The number of benzene rings is 2. The molecule has 0 atom stereocenters. The van der Waals surface area contributed by atoms with Crippen molar-refractivity contribution >= 4 is 40.3 Å². The number of carbonyl (C=O) groups excluding carboxylic acids is 1. The third kappa shape index (κ3) is 4.04. The number of aryl methyl sites for hydroxylation is 2. The fraction of sp³-hybridized carbons (Fsp3) is 0.0909. The largest absolute Gasteiger partial charge is 0.456 e. The summed E-state index contributed by atoms with van der Waals surface area (Å²) in [5, 5.41) is 13.8. The van der Waals surface area contributed by atoms with E-state index in [9.17, 15) is 14.9 Å². The standard InChI is InChI=1S/C22H17N3O4S/c1-13-7-8-15(11-14(13)2)23-21-20(30-22(26)24-21)12-16-9-10-19(29-16)17-5-3-4-6-18(17)25(27)28/h3-12H,1-2H3,(H,23,24,26). The van der Waals surface area contributed by atoms with E-state index in [0.717, 1.165) is 28.6 Å². The van der Waals surface area contributed by atoms with Crippen LogP contribution in [0.1, 0.15) is 16.9 Å². The van der Waals surface area contributed by atoms with E-state index < -0.39 is 4.92 Å². The van der Waals surface area contributed by atoms with Crippen LogP contribution in [0.25, 0.3) is 17.4 Å². The Bertz CT molecular complexity index is 1230. The Morgan fingerprint density at radius 3 is 2.67 bits per heavy atom. The molecule has 1 saturated heterocycles. The second kappa shape index (κ2) is 8.00. The van der Waals surface area contributed by atoms with Gasteiger partial charge in [0.25, 0.3) is 10.9 Å². The molecule has 1 aromatic heterocycles. The molecule has 1 aliphatic rings. The molecule has 2 aromatic carbocycles. The van der Waals surface area contributed by atoms with Crippen LogP contribution in [0.15, 0.2) is 68.9 Å². The van der Waals surface area contributed by atoms with Gasteiger partial charge in [0.15, 0.2) is 0 Å². The van der Waals surface area contributed by atoms with Crippen LogP contribution in [0, 0.1) is 24.0 Å². The second-order valence-electron chi connectivity index (χ2n) is 6.73. The molecule has 2 heterocycles. The van der Waals surface area contributed by atoms with E-state index in [4.69, 9.17) is 4.42 Å². The number of nitro groups is 1. The molecule has 1 amide bonds. The third-order valence-electron chi connectivity index (χ3n) is 4.65. The molecule has 1 N–H and O–H groups in total. The van der Waals surface area contributed by atoms with E-state index in [1.807, 2.05) is 32.0 Å². The number of para-hydroxylation sites is 1. The number of amidine groups is 1. The number of hydrogen-bond acceptors (Lipinski definition) is 6. The monoisotopic (exact) mass is 419 g/mol. The van der Waals surface area contributed by atoms with Gasteiger partial charge >= 0.3 is 0 Å². The molecular weight excluding hydrogens is 402 g/mol. The Hall–Kier alpha value is -3.65. The van der Waals surface area contributed by atoms with Crippen molar-refractivity contribution in [1.29, 1.82) is 0 Å². The Balaban J connectivity index is 1.67. The summed E-state index contributed by atoms with van der Waals surface area (Å²) in [4.78, 5) is 27.9. The van der Waals surface area contributed by atoms with Crippen molar-refractivity contribution < 1.29 is 14.1 Å². The van der Waals surface area contributed by atoms with Gasteiger partial charge in [-0.15, -0.1) is 0 Å². The minimum absolute atomic E-state index is 0.0323. The molecule has 0 radical (unpaired) electrons. The normalized spacial score (nSPS) is 16.3. The summed E-state index contributed by atoms with van der Waals surface area (Å²) in [6, 6.07) is 15.6. The van der Waals surface area contributed by atoms with Crippen molar-refractivity contribution in [2.24, 2.45) is 4.99 Å². The molecule has 0 bridgehead atoms. The quantitative estimate of drug-likeness (QED) is 0.413. The first-order valence-electron chi connectivity index (χ1n) is 9.11.